The van der Waals surface area contributed by atoms with Crippen LogP contribution in [0.5, 0.6) is 0 Å². The van der Waals surface area contributed by atoms with Crippen molar-refractivity contribution in [3.63, 3.8) is 0 Å². The van der Waals surface area contributed by atoms with Gasteiger partial charge in [0.1, 0.15) is 0 Å². The maximum absolute atomic E-state index is 12.1. The first-order valence-corrected chi connectivity index (χ1v) is 6.52. The van der Waals surface area contributed by atoms with E-state index in [0.29, 0.717) is 13.0 Å². The number of hydrogen-bond acceptors (Lipinski definition) is 2. The molecule has 0 N–H and O–H groups in total. The Morgan fingerprint density at radius 1 is 1.33 bits per heavy atom. The number of aryl methyl sites for hydroxylation is 2. The standard InChI is InChI=1S/C15H18N2O/c1-3-12-6-5-7-13(4-2)15(12)17-10-11(9-16)8-14(17)18/h5-7,11H,3-4,8,10H2,1-2H3. The Bertz CT molecular complexity index is 479. The zero-order valence-electron chi connectivity index (χ0n) is 10.9. The van der Waals surface area contributed by atoms with Crippen LogP contribution in [-0.2, 0) is 17.6 Å². The highest BCUT2D eigenvalue weighted by Gasteiger charge is 2.32. The zero-order valence-corrected chi connectivity index (χ0v) is 10.9. The molecular formula is C15H18N2O. The fourth-order valence-electron chi connectivity index (χ4n) is 2.57. The van der Waals surface area contributed by atoms with Gasteiger partial charge >= 0.3 is 0 Å². The fourth-order valence-corrected chi connectivity index (χ4v) is 2.57. The van der Waals surface area contributed by atoms with Crippen LogP contribution >= 0.6 is 0 Å². The molecule has 1 aromatic rings. The minimum Gasteiger partial charge on any atom is -0.310 e. The molecule has 1 atom stereocenters. The van der Waals surface area contributed by atoms with E-state index in [1.165, 1.54) is 11.1 Å². The molecule has 18 heavy (non-hydrogen) atoms. The molecule has 94 valence electrons. The number of nitrogens with zero attached hydrogens (tertiary/aromatic N) is 2. The van der Waals surface area contributed by atoms with Crippen LogP contribution < -0.4 is 4.90 Å². The lowest BCUT2D eigenvalue weighted by atomic mass is 10.0. The van der Waals surface area contributed by atoms with E-state index in [1.54, 1.807) is 0 Å². The Kier molecular flexibility index (Phi) is 3.66. The van der Waals surface area contributed by atoms with Gasteiger partial charge < -0.3 is 4.90 Å². The summed E-state index contributed by atoms with van der Waals surface area (Å²) < 4.78 is 0. The first-order valence-electron chi connectivity index (χ1n) is 6.52. The third-order valence-corrected chi connectivity index (χ3v) is 3.54. The monoisotopic (exact) mass is 242 g/mol. The van der Waals surface area contributed by atoms with E-state index < -0.39 is 0 Å². The normalized spacial score (nSPS) is 19.1. The summed E-state index contributed by atoms with van der Waals surface area (Å²) >= 11 is 0. The Morgan fingerprint density at radius 2 is 1.94 bits per heavy atom. The minimum atomic E-state index is -0.160. The van der Waals surface area contributed by atoms with Crippen molar-refractivity contribution in [3.8, 4) is 6.07 Å². The van der Waals surface area contributed by atoms with E-state index >= 15 is 0 Å². The van der Waals surface area contributed by atoms with Gasteiger partial charge in [0.25, 0.3) is 0 Å². The number of para-hydroxylation sites is 1. The lowest BCUT2D eigenvalue weighted by Crippen LogP contribution is -2.26. The van der Waals surface area contributed by atoms with Gasteiger partial charge in [-0.15, -0.1) is 0 Å². The highest BCUT2D eigenvalue weighted by Crippen LogP contribution is 2.32. The SMILES string of the molecule is CCc1cccc(CC)c1N1CC(C#N)CC1=O. The third-order valence-electron chi connectivity index (χ3n) is 3.54. The quantitative estimate of drug-likeness (QED) is 0.818. The molecule has 0 radical (unpaired) electrons. The lowest BCUT2D eigenvalue weighted by molar-refractivity contribution is -0.117. The second kappa shape index (κ2) is 5.22. The van der Waals surface area contributed by atoms with Gasteiger partial charge in [0.05, 0.1) is 17.7 Å². The molecule has 0 bridgehead atoms. The summed E-state index contributed by atoms with van der Waals surface area (Å²) in [5, 5.41) is 8.97. The second-order valence-electron chi connectivity index (χ2n) is 4.67. The molecule has 1 saturated heterocycles. The number of rotatable bonds is 3. The van der Waals surface area contributed by atoms with Gasteiger partial charge in [0.15, 0.2) is 0 Å². The number of carbonyl (C=O) groups excluding carboxylic acids is 1. The first-order chi connectivity index (χ1) is 8.71. The average Bonchev–Trinajstić information content (AvgIpc) is 2.78. The van der Waals surface area contributed by atoms with Crippen molar-refractivity contribution in [2.75, 3.05) is 11.4 Å². The predicted molar refractivity (Wildman–Crippen MR) is 71.3 cm³/mol. The third kappa shape index (κ3) is 2.11. The van der Waals surface area contributed by atoms with E-state index in [9.17, 15) is 4.79 Å². The second-order valence-corrected chi connectivity index (χ2v) is 4.67. The molecule has 3 nitrogen and oxygen atoms in total. The molecule has 1 aliphatic heterocycles. The average molecular weight is 242 g/mol. The topological polar surface area (TPSA) is 44.1 Å². The summed E-state index contributed by atoms with van der Waals surface area (Å²) in [7, 11) is 0. The predicted octanol–water partition coefficient (Wildman–Crippen LogP) is 2.69. The molecule has 0 aliphatic carbocycles. The number of amides is 1. The molecule has 1 fully saturated rings. The maximum Gasteiger partial charge on any atom is 0.228 e. The van der Waals surface area contributed by atoms with Gasteiger partial charge in [-0.3, -0.25) is 4.79 Å². The van der Waals surface area contributed by atoms with Crippen molar-refractivity contribution in [2.45, 2.75) is 33.1 Å². The van der Waals surface area contributed by atoms with Crippen LogP contribution in [-0.4, -0.2) is 12.5 Å². The van der Waals surface area contributed by atoms with Crippen LogP contribution in [0.15, 0.2) is 18.2 Å². The van der Waals surface area contributed by atoms with E-state index in [2.05, 4.69) is 32.0 Å². The van der Waals surface area contributed by atoms with Crippen LogP contribution in [0.25, 0.3) is 0 Å². The van der Waals surface area contributed by atoms with Gasteiger partial charge in [-0.25, -0.2) is 0 Å². The number of anilines is 1. The molecular weight excluding hydrogens is 224 g/mol. The maximum atomic E-state index is 12.1. The summed E-state index contributed by atoms with van der Waals surface area (Å²) in [5.41, 5.74) is 3.44. The molecule has 0 aromatic heterocycles. The van der Waals surface area contributed by atoms with Crippen molar-refractivity contribution in [2.24, 2.45) is 5.92 Å². The molecule has 2 rings (SSSR count). The van der Waals surface area contributed by atoms with Gasteiger partial charge in [0, 0.05) is 13.0 Å². The van der Waals surface area contributed by atoms with Crippen LogP contribution in [0, 0.1) is 17.2 Å². The first kappa shape index (κ1) is 12.6. The molecule has 1 heterocycles. The van der Waals surface area contributed by atoms with Crippen molar-refractivity contribution in [1.82, 2.24) is 0 Å². The molecule has 1 unspecified atom stereocenters. The Morgan fingerprint density at radius 3 is 2.39 bits per heavy atom. The van der Waals surface area contributed by atoms with Crippen LogP contribution in [0.2, 0.25) is 0 Å². The number of carbonyl (C=O) groups is 1. The summed E-state index contributed by atoms with van der Waals surface area (Å²) in [6.45, 7) is 4.74. The van der Waals surface area contributed by atoms with Crippen LogP contribution in [0.1, 0.15) is 31.4 Å². The minimum absolute atomic E-state index is 0.0807. The fraction of sp³-hybridized carbons (Fsp3) is 0.467. The van der Waals surface area contributed by atoms with Gasteiger partial charge in [-0.05, 0) is 24.0 Å². The Balaban J connectivity index is 2.44. The lowest BCUT2D eigenvalue weighted by Gasteiger charge is -2.22. The summed E-state index contributed by atoms with van der Waals surface area (Å²) in [4.78, 5) is 13.9. The van der Waals surface area contributed by atoms with Gasteiger partial charge in [0.2, 0.25) is 5.91 Å². The highest BCUT2D eigenvalue weighted by molar-refractivity contribution is 5.97. The molecule has 1 aliphatic rings. The highest BCUT2D eigenvalue weighted by atomic mass is 16.2. The molecule has 1 aromatic carbocycles. The molecule has 3 heteroatoms. The van der Waals surface area contributed by atoms with E-state index in [4.69, 9.17) is 5.26 Å². The summed E-state index contributed by atoms with van der Waals surface area (Å²) in [6.07, 6.45) is 2.17. The number of hydrogen-bond donors (Lipinski definition) is 0. The van der Waals surface area contributed by atoms with Gasteiger partial charge in [-0.2, -0.15) is 5.26 Å². The van der Waals surface area contributed by atoms with Crippen molar-refractivity contribution in [3.05, 3.63) is 29.3 Å². The number of nitriles is 1. The van der Waals surface area contributed by atoms with Crippen molar-refractivity contribution < 1.29 is 4.79 Å². The van der Waals surface area contributed by atoms with Gasteiger partial charge in [-0.1, -0.05) is 32.0 Å². The summed E-state index contributed by atoms with van der Waals surface area (Å²) in [5.74, 6) is -0.0794. The van der Waals surface area contributed by atoms with Crippen molar-refractivity contribution in [1.29, 1.82) is 5.26 Å². The van der Waals surface area contributed by atoms with Crippen LogP contribution in [0.4, 0.5) is 5.69 Å². The molecule has 0 saturated carbocycles. The molecule has 0 spiro atoms. The Hall–Kier alpha value is -1.82. The smallest absolute Gasteiger partial charge is 0.228 e. The largest absolute Gasteiger partial charge is 0.310 e. The van der Waals surface area contributed by atoms with Crippen LogP contribution in [0.3, 0.4) is 0 Å². The van der Waals surface area contributed by atoms with E-state index in [1.807, 2.05) is 11.0 Å². The van der Waals surface area contributed by atoms with E-state index in [-0.39, 0.29) is 11.8 Å². The van der Waals surface area contributed by atoms with Crippen molar-refractivity contribution >= 4 is 11.6 Å². The zero-order chi connectivity index (χ0) is 13.1. The van der Waals surface area contributed by atoms with E-state index in [0.717, 1.165) is 18.5 Å². The molecule has 1 amide bonds. The number of benzene rings is 1. The Labute approximate surface area is 108 Å². The summed E-state index contributed by atoms with van der Waals surface area (Å²) in [6, 6.07) is 8.39.